The number of carbonyl (C=O) groups is 2. The second-order valence-electron chi connectivity index (χ2n) is 10.8. The molecule has 5 nitrogen and oxygen atoms in total. The van der Waals surface area contributed by atoms with E-state index in [0.29, 0.717) is 34.3 Å². The van der Waals surface area contributed by atoms with Crippen LogP contribution in [-0.2, 0) is 17.6 Å². The van der Waals surface area contributed by atoms with Crippen molar-refractivity contribution in [3.63, 3.8) is 0 Å². The van der Waals surface area contributed by atoms with Gasteiger partial charge in [-0.2, -0.15) is 0 Å². The van der Waals surface area contributed by atoms with Crippen LogP contribution in [0.3, 0.4) is 0 Å². The zero-order valence-electron chi connectivity index (χ0n) is 24.7. The third-order valence-electron chi connectivity index (χ3n) is 7.16. The van der Waals surface area contributed by atoms with Gasteiger partial charge in [-0.25, -0.2) is 4.79 Å². The molecule has 39 heavy (non-hydrogen) atoms. The highest BCUT2D eigenvalue weighted by atomic mass is 16.5. The van der Waals surface area contributed by atoms with Crippen LogP contribution in [0.2, 0.25) is 0 Å². The number of unbranched alkanes of at least 4 members (excludes halogenated alkanes) is 3. The molecule has 1 aromatic heterocycles. The zero-order chi connectivity index (χ0) is 28.2. The van der Waals surface area contributed by atoms with E-state index >= 15 is 0 Å². The van der Waals surface area contributed by atoms with Gasteiger partial charge in [-0.1, -0.05) is 64.3 Å². The van der Waals surface area contributed by atoms with Crippen LogP contribution in [0.1, 0.15) is 117 Å². The Hall–Kier alpha value is -2.92. The van der Waals surface area contributed by atoms with Crippen molar-refractivity contribution in [2.45, 2.75) is 98.5 Å². The maximum absolute atomic E-state index is 14.2. The Morgan fingerprint density at radius 3 is 2.18 bits per heavy atom. The standard InChI is InChI=1S/C34H47NO4/c1-6-9-18-31-32(29-24-27(19-20-30(29)39-31)34(37)38-25(4)5)33(36)28-17-13-12-15-26(28)16-14-23-35(21-10-7-2)22-11-8-3/h12-13,15,17,19-20,24-25H,6-11,14,16,18,21-23H2,1-5H3. The van der Waals surface area contributed by atoms with Crippen LogP contribution in [0, 0.1) is 0 Å². The molecule has 0 spiro atoms. The van der Waals surface area contributed by atoms with Crippen molar-refractivity contribution in [3.8, 4) is 0 Å². The van der Waals surface area contributed by atoms with E-state index in [-0.39, 0.29) is 11.9 Å². The molecule has 1 heterocycles. The number of furan rings is 1. The summed E-state index contributed by atoms with van der Waals surface area (Å²) < 4.78 is 11.6. The molecule has 0 saturated heterocycles. The first-order chi connectivity index (χ1) is 18.9. The average molecular weight is 534 g/mol. The number of hydrogen-bond acceptors (Lipinski definition) is 5. The lowest BCUT2D eigenvalue weighted by Gasteiger charge is -2.22. The van der Waals surface area contributed by atoms with Gasteiger partial charge in [0.2, 0.25) is 0 Å². The summed E-state index contributed by atoms with van der Waals surface area (Å²) in [4.78, 5) is 29.4. The van der Waals surface area contributed by atoms with Gasteiger partial charge in [0.05, 0.1) is 17.2 Å². The lowest BCUT2D eigenvalue weighted by atomic mass is 9.93. The van der Waals surface area contributed by atoms with Gasteiger partial charge in [0.15, 0.2) is 5.78 Å². The van der Waals surface area contributed by atoms with E-state index in [4.69, 9.17) is 9.15 Å². The van der Waals surface area contributed by atoms with Gasteiger partial charge in [-0.3, -0.25) is 4.79 Å². The summed E-state index contributed by atoms with van der Waals surface area (Å²) >= 11 is 0. The quantitative estimate of drug-likeness (QED) is 0.129. The van der Waals surface area contributed by atoms with Crippen molar-refractivity contribution in [1.29, 1.82) is 0 Å². The first kappa shape index (κ1) is 30.6. The highest BCUT2D eigenvalue weighted by molar-refractivity contribution is 6.18. The van der Waals surface area contributed by atoms with Crippen LogP contribution < -0.4 is 0 Å². The summed E-state index contributed by atoms with van der Waals surface area (Å²) in [5.74, 6) is 0.280. The minimum Gasteiger partial charge on any atom is -0.460 e. The topological polar surface area (TPSA) is 59.8 Å². The van der Waals surface area contributed by atoms with Crippen molar-refractivity contribution < 1.29 is 18.7 Å². The Balaban J connectivity index is 1.91. The molecule has 0 radical (unpaired) electrons. The molecular weight excluding hydrogens is 486 g/mol. The van der Waals surface area contributed by atoms with Crippen LogP contribution >= 0.6 is 0 Å². The number of aryl methyl sites for hydroxylation is 2. The third kappa shape index (κ3) is 8.53. The largest absolute Gasteiger partial charge is 0.460 e. The lowest BCUT2D eigenvalue weighted by molar-refractivity contribution is 0.0378. The molecule has 0 aliphatic heterocycles. The molecule has 3 aromatic rings. The number of ketones is 1. The summed E-state index contributed by atoms with van der Waals surface area (Å²) in [5.41, 5.74) is 3.44. The Morgan fingerprint density at radius 1 is 0.846 bits per heavy atom. The molecular formula is C34H47NO4. The highest BCUT2D eigenvalue weighted by Gasteiger charge is 2.25. The first-order valence-electron chi connectivity index (χ1n) is 15.0. The van der Waals surface area contributed by atoms with E-state index in [9.17, 15) is 9.59 Å². The summed E-state index contributed by atoms with van der Waals surface area (Å²) in [7, 11) is 0. The third-order valence-corrected chi connectivity index (χ3v) is 7.16. The van der Waals surface area contributed by atoms with Crippen LogP contribution in [0.15, 0.2) is 46.9 Å². The van der Waals surface area contributed by atoms with Crippen LogP contribution in [0.5, 0.6) is 0 Å². The van der Waals surface area contributed by atoms with Gasteiger partial charge in [-0.15, -0.1) is 0 Å². The number of benzene rings is 2. The Kier molecular flexibility index (Phi) is 12.3. The number of fused-ring (bicyclic) bond motifs is 1. The molecule has 0 saturated carbocycles. The van der Waals surface area contributed by atoms with Crippen molar-refractivity contribution in [2.75, 3.05) is 19.6 Å². The molecule has 3 rings (SSSR count). The molecule has 0 unspecified atom stereocenters. The van der Waals surface area contributed by atoms with Crippen molar-refractivity contribution in [3.05, 3.63) is 70.5 Å². The molecule has 0 N–H and O–H groups in total. The van der Waals surface area contributed by atoms with Gasteiger partial charge < -0.3 is 14.1 Å². The van der Waals surface area contributed by atoms with Gasteiger partial charge >= 0.3 is 5.97 Å². The van der Waals surface area contributed by atoms with Crippen LogP contribution in [0.4, 0.5) is 0 Å². The minimum absolute atomic E-state index is 0.0290. The van der Waals surface area contributed by atoms with Crippen molar-refractivity contribution in [2.24, 2.45) is 0 Å². The number of esters is 1. The number of ether oxygens (including phenoxy) is 1. The molecule has 0 amide bonds. The van der Waals surface area contributed by atoms with Gasteiger partial charge in [0, 0.05) is 17.4 Å². The normalized spacial score (nSPS) is 11.6. The number of carbonyl (C=O) groups excluding carboxylic acids is 2. The molecule has 0 bridgehead atoms. The van der Waals surface area contributed by atoms with E-state index in [1.807, 2.05) is 32.0 Å². The maximum atomic E-state index is 14.2. The van der Waals surface area contributed by atoms with E-state index in [0.717, 1.165) is 56.4 Å². The second kappa shape index (κ2) is 15.6. The van der Waals surface area contributed by atoms with Crippen molar-refractivity contribution >= 4 is 22.7 Å². The maximum Gasteiger partial charge on any atom is 0.338 e. The van der Waals surface area contributed by atoms with Gasteiger partial charge in [-0.05, 0) is 89.3 Å². The summed E-state index contributed by atoms with van der Waals surface area (Å²) in [6.45, 7) is 13.6. The predicted molar refractivity (Wildman–Crippen MR) is 160 cm³/mol. The fraction of sp³-hybridized carbons (Fsp3) is 0.529. The zero-order valence-corrected chi connectivity index (χ0v) is 24.7. The number of nitrogens with zero attached hydrogens (tertiary/aromatic N) is 1. The summed E-state index contributed by atoms with van der Waals surface area (Å²) in [6.07, 6.45) is 9.11. The van der Waals surface area contributed by atoms with E-state index < -0.39 is 5.97 Å². The van der Waals surface area contributed by atoms with Gasteiger partial charge in [0.25, 0.3) is 0 Å². The highest BCUT2D eigenvalue weighted by Crippen LogP contribution is 2.31. The number of hydrogen-bond donors (Lipinski definition) is 0. The van der Waals surface area contributed by atoms with Gasteiger partial charge in [0.1, 0.15) is 11.3 Å². The minimum atomic E-state index is -0.391. The monoisotopic (exact) mass is 533 g/mol. The smallest absolute Gasteiger partial charge is 0.338 e. The first-order valence-corrected chi connectivity index (χ1v) is 15.0. The SMILES string of the molecule is CCCCc1oc2ccc(C(=O)OC(C)C)cc2c1C(=O)c1ccccc1CCCN(CCCC)CCCC. The molecule has 212 valence electrons. The molecule has 5 heteroatoms. The Bertz CT molecular complexity index is 1200. The van der Waals surface area contributed by atoms with E-state index in [1.54, 1.807) is 18.2 Å². The summed E-state index contributed by atoms with van der Waals surface area (Å²) in [5, 5.41) is 0.685. The molecule has 0 atom stereocenters. The fourth-order valence-electron chi connectivity index (χ4n) is 5.01. The summed E-state index contributed by atoms with van der Waals surface area (Å²) in [6, 6.07) is 13.2. The Labute approximate surface area is 234 Å². The fourth-order valence-corrected chi connectivity index (χ4v) is 5.01. The second-order valence-corrected chi connectivity index (χ2v) is 10.8. The Morgan fingerprint density at radius 2 is 1.51 bits per heavy atom. The van der Waals surface area contributed by atoms with Crippen molar-refractivity contribution in [1.82, 2.24) is 4.90 Å². The molecule has 0 aliphatic carbocycles. The molecule has 0 fully saturated rings. The average Bonchev–Trinajstić information content (AvgIpc) is 3.30. The van der Waals surface area contributed by atoms with Crippen LogP contribution in [0.25, 0.3) is 11.0 Å². The number of rotatable bonds is 17. The van der Waals surface area contributed by atoms with E-state index in [2.05, 4.69) is 31.7 Å². The van der Waals surface area contributed by atoms with Crippen LogP contribution in [-0.4, -0.2) is 42.4 Å². The molecule has 0 aliphatic rings. The van der Waals surface area contributed by atoms with E-state index in [1.165, 1.54) is 25.7 Å². The molecule has 2 aromatic carbocycles. The predicted octanol–water partition coefficient (Wildman–Crippen LogP) is 8.41. The lowest BCUT2D eigenvalue weighted by Crippen LogP contribution is -2.27.